The number of hydrogen-bond acceptors (Lipinski definition) is 4. The van der Waals surface area contributed by atoms with Crippen molar-refractivity contribution in [2.75, 3.05) is 0 Å². The Bertz CT molecular complexity index is 575. The minimum atomic E-state index is -3.83. The standard InChI is InChI=1S/C11H13NO4S/c1-7(2)11(13)16-9-5-4-6-10(8(9)3)17(12,14)15/h4-6H,1H2,2-3H3,(H2,12,14,15). The lowest BCUT2D eigenvalue weighted by atomic mass is 10.2. The van der Waals surface area contributed by atoms with E-state index in [2.05, 4.69) is 6.58 Å². The molecule has 0 radical (unpaired) electrons. The van der Waals surface area contributed by atoms with Gasteiger partial charge in [-0.2, -0.15) is 0 Å². The van der Waals surface area contributed by atoms with E-state index in [1.165, 1.54) is 32.0 Å². The van der Waals surface area contributed by atoms with Crippen LogP contribution in [0.3, 0.4) is 0 Å². The Morgan fingerprint density at radius 3 is 2.47 bits per heavy atom. The van der Waals surface area contributed by atoms with Crippen molar-refractivity contribution in [3.63, 3.8) is 0 Å². The molecule has 0 aliphatic carbocycles. The molecule has 1 rings (SSSR count). The number of hydrogen-bond donors (Lipinski definition) is 1. The molecule has 1 aromatic rings. The minimum absolute atomic E-state index is 0.0653. The zero-order valence-electron chi connectivity index (χ0n) is 9.56. The molecule has 0 amide bonds. The van der Waals surface area contributed by atoms with Gasteiger partial charge >= 0.3 is 5.97 Å². The normalized spacial score (nSPS) is 11.0. The highest BCUT2D eigenvalue weighted by Crippen LogP contribution is 2.24. The molecule has 0 aliphatic heterocycles. The molecule has 0 bridgehead atoms. The van der Waals surface area contributed by atoms with Gasteiger partial charge in [-0.25, -0.2) is 18.4 Å². The SMILES string of the molecule is C=C(C)C(=O)Oc1cccc(S(N)(=O)=O)c1C. The predicted octanol–water partition coefficient (Wildman–Crippen LogP) is 1.12. The summed E-state index contributed by atoms with van der Waals surface area (Å²) in [5.41, 5.74) is 0.523. The summed E-state index contributed by atoms with van der Waals surface area (Å²) in [7, 11) is -3.83. The van der Waals surface area contributed by atoms with Gasteiger partial charge in [-0.05, 0) is 26.0 Å². The second-order valence-corrected chi connectivity index (χ2v) is 5.12. The summed E-state index contributed by atoms with van der Waals surface area (Å²) in [6.45, 7) is 6.45. The highest BCUT2D eigenvalue weighted by Gasteiger charge is 2.16. The van der Waals surface area contributed by atoms with Crippen molar-refractivity contribution < 1.29 is 17.9 Å². The van der Waals surface area contributed by atoms with Crippen LogP contribution in [0.5, 0.6) is 5.75 Å². The summed E-state index contributed by atoms with van der Waals surface area (Å²) in [5.74, 6) is -0.454. The summed E-state index contributed by atoms with van der Waals surface area (Å²) in [6.07, 6.45) is 0. The van der Waals surface area contributed by atoms with E-state index in [9.17, 15) is 13.2 Å². The van der Waals surface area contributed by atoms with Gasteiger partial charge in [-0.15, -0.1) is 0 Å². The quantitative estimate of drug-likeness (QED) is 0.498. The molecule has 6 heteroatoms. The van der Waals surface area contributed by atoms with Crippen molar-refractivity contribution in [3.05, 3.63) is 35.9 Å². The first-order valence-corrected chi connectivity index (χ1v) is 6.28. The maximum Gasteiger partial charge on any atom is 0.338 e. The fourth-order valence-corrected chi connectivity index (χ4v) is 2.00. The van der Waals surface area contributed by atoms with Crippen LogP contribution in [0.15, 0.2) is 35.2 Å². The first kappa shape index (κ1) is 13.4. The first-order chi connectivity index (χ1) is 7.73. The lowest BCUT2D eigenvalue weighted by Gasteiger charge is -2.09. The van der Waals surface area contributed by atoms with Crippen molar-refractivity contribution in [1.82, 2.24) is 0 Å². The van der Waals surface area contributed by atoms with Gasteiger partial charge < -0.3 is 4.74 Å². The topological polar surface area (TPSA) is 86.5 Å². The minimum Gasteiger partial charge on any atom is -0.423 e. The Kier molecular flexibility index (Phi) is 3.69. The number of sulfonamides is 1. The Morgan fingerprint density at radius 1 is 1.41 bits per heavy atom. The lowest BCUT2D eigenvalue weighted by Crippen LogP contribution is -2.15. The number of esters is 1. The molecule has 17 heavy (non-hydrogen) atoms. The monoisotopic (exact) mass is 255 g/mol. The van der Waals surface area contributed by atoms with Gasteiger partial charge in [-0.3, -0.25) is 0 Å². The Morgan fingerprint density at radius 2 is 2.00 bits per heavy atom. The van der Waals surface area contributed by atoms with Crippen LogP contribution in [0.1, 0.15) is 12.5 Å². The molecule has 0 spiro atoms. The third-order valence-electron chi connectivity index (χ3n) is 2.09. The van der Waals surface area contributed by atoms with Crippen molar-refractivity contribution >= 4 is 16.0 Å². The molecule has 5 nitrogen and oxygen atoms in total. The number of rotatable bonds is 3. The van der Waals surface area contributed by atoms with E-state index in [0.717, 1.165) is 0 Å². The molecule has 92 valence electrons. The van der Waals surface area contributed by atoms with E-state index in [4.69, 9.17) is 9.88 Å². The smallest absolute Gasteiger partial charge is 0.338 e. The van der Waals surface area contributed by atoms with Crippen molar-refractivity contribution in [2.24, 2.45) is 5.14 Å². The zero-order chi connectivity index (χ0) is 13.2. The molecule has 0 atom stereocenters. The maximum atomic E-state index is 11.3. The molecule has 1 aromatic carbocycles. The summed E-state index contributed by atoms with van der Waals surface area (Å²) in [6, 6.07) is 4.29. The molecule has 0 aliphatic rings. The zero-order valence-corrected chi connectivity index (χ0v) is 10.4. The van der Waals surface area contributed by atoms with Gasteiger partial charge in [0.25, 0.3) is 0 Å². The Balaban J connectivity index is 3.21. The van der Waals surface area contributed by atoms with E-state index in [0.29, 0.717) is 5.56 Å². The fraction of sp³-hybridized carbons (Fsp3) is 0.182. The van der Waals surface area contributed by atoms with Gasteiger partial charge in [0.15, 0.2) is 0 Å². The number of nitrogens with two attached hydrogens (primary N) is 1. The van der Waals surface area contributed by atoms with Crippen molar-refractivity contribution in [1.29, 1.82) is 0 Å². The Hall–Kier alpha value is -1.66. The number of carbonyl (C=O) groups is 1. The van der Waals surface area contributed by atoms with E-state index in [1.807, 2.05) is 0 Å². The molecular weight excluding hydrogens is 242 g/mol. The van der Waals surface area contributed by atoms with Crippen LogP contribution in [-0.4, -0.2) is 14.4 Å². The summed E-state index contributed by atoms with van der Waals surface area (Å²) in [4.78, 5) is 11.3. The molecule has 0 fully saturated rings. The van der Waals surface area contributed by atoms with Crippen LogP contribution < -0.4 is 9.88 Å². The molecule has 0 aromatic heterocycles. The van der Waals surface area contributed by atoms with Gasteiger partial charge in [0.05, 0.1) is 4.90 Å². The van der Waals surface area contributed by atoms with Crippen molar-refractivity contribution in [2.45, 2.75) is 18.7 Å². The molecule has 0 unspecified atom stereocenters. The predicted molar refractivity (Wildman–Crippen MR) is 63.0 cm³/mol. The number of ether oxygens (including phenoxy) is 1. The van der Waals surface area contributed by atoms with E-state index in [1.54, 1.807) is 0 Å². The summed E-state index contributed by atoms with van der Waals surface area (Å²) < 4.78 is 27.5. The van der Waals surface area contributed by atoms with E-state index in [-0.39, 0.29) is 16.2 Å². The van der Waals surface area contributed by atoms with Crippen LogP contribution >= 0.6 is 0 Å². The average Bonchev–Trinajstić information content (AvgIpc) is 2.19. The van der Waals surface area contributed by atoms with Gasteiger partial charge in [-0.1, -0.05) is 12.6 Å². The van der Waals surface area contributed by atoms with Gasteiger partial charge in [0.2, 0.25) is 10.0 Å². The molecule has 0 saturated heterocycles. The second-order valence-electron chi connectivity index (χ2n) is 3.59. The largest absolute Gasteiger partial charge is 0.423 e. The molecule has 0 heterocycles. The molecular formula is C11H13NO4S. The van der Waals surface area contributed by atoms with Crippen LogP contribution in [0.4, 0.5) is 0 Å². The first-order valence-electron chi connectivity index (χ1n) is 4.73. The third kappa shape index (κ3) is 3.15. The Labute approximate surface area is 99.9 Å². The highest BCUT2D eigenvalue weighted by atomic mass is 32.2. The van der Waals surface area contributed by atoms with Crippen LogP contribution in [0.25, 0.3) is 0 Å². The van der Waals surface area contributed by atoms with Crippen LogP contribution in [-0.2, 0) is 14.8 Å². The fourth-order valence-electron chi connectivity index (χ4n) is 1.20. The molecule has 2 N–H and O–H groups in total. The number of carbonyl (C=O) groups excluding carboxylic acids is 1. The van der Waals surface area contributed by atoms with Crippen molar-refractivity contribution in [3.8, 4) is 5.75 Å². The van der Waals surface area contributed by atoms with E-state index < -0.39 is 16.0 Å². The summed E-state index contributed by atoms with van der Waals surface area (Å²) in [5, 5.41) is 5.03. The summed E-state index contributed by atoms with van der Waals surface area (Å²) >= 11 is 0. The average molecular weight is 255 g/mol. The van der Waals surface area contributed by atoms with Crippen LogP contribution in [0.2, 0.25) is 0 Å². The number of primary sulfonamides is 1. The van der Waals surface area contributed by atoms with Gasteiger partial charge in [0.1, 0.15) is 5.75 Å². The second kappa shape index (κ2) is 4.68. The lowest BCUT2D eigenvalue weighted by molar-refractivity contribution is -0.130. The highest BCUT2D eigenvalue weighted by molar-refractivity contribution is 7.89. The number of benzene rings is 1. The van der Waals surface area contributed by atoms with Crippen LogP contribution in [0, 0.1) is 6.92 Å². The van der Waals surface area contributed by atoms with E-state index >= 15 is 0 Å². The maximum absolute atomic E-state index is 11.3. The molecule has 0 saturated carbocycles. The van der Waals surface area contributed by atoms with Gasteiger partial charge in [0, 0.05) is 11.1 Å². The third-order valence-corrected chi connectivity index (χ3v) is 3.15.